The zero-order valence-corrected chi connectivity index (χ0v) is 11.9. The number of hydrogen-bond donors (Lipinski definition) is 0. The van der Waals surface area contributed by atoms with E-state index in [1.54, 1.807) is 12.1 Å². The molecule has 0 bridgehead atoms. The fourth-order valence-corrected chi connectivity index (χ4v) is 3.29. The summed E-state index contributed by atoms with van der Waals surface area (Å²) < 4.78 is 0. The first-order chi connectivity index (χ1) is 10.0. The van der Waals surface area contributed by atoms with Crippen LogP contribution in [0.2, 0.25) is 0 Å². The summed E-state index contributed by atoms with van der Waals surface area (Å²) in [6, 6.07) is 5.00. The predicted octanol–water partition coefficient (Wildman–Crippen LogP) is 2.63. The summed E-state index contributed by atoms with van der Waals surface area (Å²) in [5.74, 6) is 0.236. The first kappa shape index (κ1) is 13.9. The molecule has 21 heavy (non-hydrogen) atoms. The molecule has 1 aliphatic carbocycles. The molecule has 110 valence electrons. The number of nitro benzene ring substituents is 1. The highest BCUT2D eigenvalue weighted by Gasteiger charge is 2.31. The van der Waals surface area contributed by atoms with E-state index in [4.69, 9.17) is 0 Å². The van der Waals surface area contributed by atoms with Gasteiger partial charge in [0, 0.05) is 31.6 Å². The molecule has 1 fully saturated rings. The van der Waals surface area contributed by atoms with Gasteiger partial charge >= 0.3 is 0 Å². The SMILES string of the molecule is C=C1CCC(N2CCc3ccc([N+](=O)[O-])cc3C2)C(=O)C1. The lowest BCUT2D eigenvalue weighted by atomic mass is 9.87. The van der Waals surface area contributed by atoms with Gasteiger partial charge in [0.15, 0.2) is 5.78 Å². The molecule has 1 atom stereocenters. The third-order valence-corrected chi connectivity index (χ3v) is 4.45. The Bertz CT molecular complexity index is 624. The van der Waals surface area contributed by atoms with Gasteiger partial charge in [-0.15, -0.1) is 0 Å². The van der Waals surface area contributed by atoms with Crippen molar-refractivity contribution in [2.24, 2.45) is 0 Å². The van der Waals surface area contributed by atoms with Crippen LogP contribution in [0.3, 0.4) is 0 Å². The van der Waals surface area contributed by atoms with Crippen LogP contribution in [-0.4, -0.2) is 28.2 Å². The van der Waals surface area contributed by atoms with Crippen molar-refractivity contribution in [1.82, 2.24) is 4.90 Å². The Morgan fingerprint density at radius 1 is 1.29 bits per heavy atom. The van der Waals surface area contributed by atoms with Crippen LogP contribution < -0.4 is 0 Å². The van der Waals surface area contributed by atoms with Crippen LogP contribution in [0.15, 0.2) is 30.4 Å². The zero-order valence-electron chi connectivity index (χ0n) is 11.9. The van der Waals surface area contributed by atoms with E-state index in [1.165, 1.54) is 0 Å². The highest BCUT2D eigenvalue weighted by Crippen LogP contribution is 2.29. The van der Waals surface area contributed by atoms with Crippen molar-refractivity contribution in [2.75, 3.05) is 6.54 Å². The van der Waals surface area contributed by atoms with E-state index in [2.05, 4.69) is 11.5 Å². The third-order valence-electron chi connectivity index (χ3n) is 4.45. The quantitative estimate of drug-likeness (QED) is 0.476. The van der Waals surface area contributed by atoms with Gasteiger partial charge in [-0.3, -0.25) is 19.8 Å². The molecule has 0 spiro atoms. The van der Waals surface area contributed by atoms with Gasteiger partial charge in [-0.05, 0) is 30.4 Å². The average molecular weight is 286 g/mol. The molecule has 0 saturated heterocycles. The summed E-state index contributed by atoms with van der Waals surface area (Å²) >= 11 is 0. The molecule has 0 amide bonds. The Morgan fingerprint density at radius 2 is 2.10 bits per heavy atom. The average Bonchev–Trinajstić information content (AvgIpc) is 2.46. The second-order valence-corrected chi connectivity index (χ2v) is 5.88. The largest absolute Gasteiger partial charge is 0.298 e. The van der Waals surface area contributed by atoms with Crippen LogP contribution in [0.5, 0.6) is 0 Å². The molecule has 2 aliphatic rings. The van der Waals surface area contributed by atoms with Gasteiger partial charge in [0.1, 0.15) is 0 Å². The maximum atomic E-state index is 12.2. The molecule has 3 rings (SSSR count). The number of Topliss-reactive ketones (excluding diaryl/α,β-unsaturated/α-hetero) is 1. The molecular weight excluding hydrogens is 268 g/mol. The normalized spacial score (nSPS) is 23.0. The van der Waals surface area contributed by atoms with Crippen molar-refractivity contribution in [1.29, 1.82) is 0 Å². The summed E-state index contributed by atoms with van der Waals surface area (Å²) in [6.07, 6.45) is 3.04. The summed E-state index contributed by atoms with van der Waals surface area (Å²) in [5.41, 5.74) is 3.28. The van der Waals surface area contributed by atoms with E-state index in [0.717, 1.165) is 42.5 Å². The van der Waals surface area contributed by atoms with Crippen LogP contribution in [0.4, 0.5) is 5.69 Å². The van der Waals surface area contributed by atoms with Gasteiger partial charge in [-0.1, -0.05) is 18.2 Å². The van der Waals surface area contributed by atoms with Gasteiger partial charge in [0.05, 0.1) is 11.0 Å². The smallest absolute Gasteiger partial charge is 0.269 e. The molecule has 1 aliphatic heterocycles. The lowest BCUT2D eigenvalue weighted by Crippen LogP contribution is -2.45. The summed E-state index contributed by atoms with van der Waals surface area (Å²) in [4.78, 5) is 24.9. The van der Waals surface area contributed by atoms with Crippen molar-refractivity contribution >= 4 is 11.5 Å². The number of allylic oxidation sites excluding steroid dienone is 1. The van der Waals surface area contributed by atoms with Gasteiger partial charge in [0.2, 0.25) is 0 Å². The molecule has 1 heterocycles. The van der Waals surface area contributed by atoms with Crippen molar-refractivity contribution < 1.29 is 9.72 Å². The number of benzene rings is 1. The minimum atomic E-state index is -0.366. The van der Waals surface area contributed by atoms with Crippen LogP contribution >= 0.6 is 0 Å². The maximum Gasteiger partial charge on any atom is 0.269 e. The Kier molecular flexibility index (Phi) is 3.59. The Morgan fingerprint density at radius 3 is 2.81 bits per heavy atom. The standard InChI is InChI=1S/C16H18N2O3/c1-11-2-5-15(16(19)8-11)17-7-6-12-3-4-14(18(20)21)9-13(12)10-17/h3-4,9,15H,1-2,5-8,10H2. The lowest BCUT2D eigenvalue weighted by Gasteiger charge is -2.36. The lowest BCUT2D eigenvalue weighted by molar-refractivity contribution is -0.385. The van der Waals surface area contributed by atoms with Crippen LogP contribution in [0.25, 0.3) is 0 Å². The predicted molar refractivity (Wildman–Crippen MR) is 79.0 cm³/mol. The molecule has 0 N–H and O–H groups in total. The minimum absolute atomic E-state index is 0.0529. The second-order valence-electron chi connectivity index (χ2n) is 5.88. The van der Waals surface area contributed by atoms with E-state index in [9.17, 15) is 14.9 Å². The number of rotatable bonds is 2. The molecule has 0 aromatic heterocycles. The number of carbonyl (C=O) groups excluding carboxylic acids is 1. The fraction of sp³-hybridized carbons (Fsp3) is 0.438. The maximum absolute atomic E-state index is 12.2. The van der Waals surface area contributed by atoms with Gasteiger partial charge in [0.25, 0.3) is 5.69 Å². The number of hydrogen-bond acceptors (Lipinski definition) is 4. The minimum Gasteiger partial charge on any atom is -0.298 e. The van der Waals surface area contributed by atoms with E-state index in [1.807, 2.05) is 6.07 Å². The van der Waals surface area contributed by atoms with Gasteiger partial charge in [-0.2, -0.15) is 0 Å². The van der Waals surface area contributed by atoms with Crippen molar-refractivity contribution in [3.05, 3.63) is 51.6 Å². The van der Waals surface area contributed by atoms with Crippen LogP contribution in [-0.2, 0) is 17.8 Å². The Hall–Kier alpha value is -2.01. The monoisotopic (exact) mass is 286 g/mol. The van der Waals surface area contributed by atoms with E-state index in [-0.39, 0.29) is 22.4 Å². The van der Waals surface area contributed by atoms with E-state index >= 15 is 0 Å². The first-order valence-electron chi connectivity index (χ1n) is 7.24. The van der Waals surface area contributed by atoms with E-state index in [0.29, 0.717) is 13.0 Å². The highest BCUT2D eigenvalue weighted by atomic mass is 16.6. The van der Waals surface area contributed by atoms with Gasteiger partial charge < -0.3 is 0 Å². The molecule has 1 unspecified atom stereocenters. The molecule has 5 heteroatoms. The first-order valence-corrected chi connectivity index (χ1v) is 7.24. The van der Waals surface area contributed by atoms with E-state index < -0.39 is 0 Å². The molecule has 1 aromatic carbocycles. The van der Waals surface area contributed by atoms with Crippen molar-refractivity contribution in [2.45, 2.75) is 38.3 Å². The molecule has 0 radical (unpaired) electrons. The third kappa shape index (κ3) is 2.74. The number of carbonyl (C=O) groups is 1. The fourth-order valence-electron chi connectivity index (χ4n) is 3.29. The Balaban J connectivity index is 1.80. The summed E-state index contributed by atoms with van der Waals surface area (Å²) in [7, 11) is 0. The Labute approximate surface area is 123 Å². The second kappa shape index (κ2) is 5.41. The zero-order chi connectivity index (χ0) is 15.0. The number of ketones is 1. The van der Waals surface area contributed by atoms with Gasteiger partial charge in [-0.25, -0.2) is 0 Å². The van der Waals surface area contributed by atoms with Crippen molar-refractivity contribution in [3.8, 4) is 0 Å². The number of fused-ring (bicyclic) bond motifs is 1. The highest BCUT2D eigenvalue weighted by molar-refractivity contribution is 5.87. The molecule has 1 aromatic rings. The number of non-ortho nitro benzene ring substituents is 1. The number of nitrogens with zero attached hydrogens (tertiary/aromatic N) is 2. The molecule has 1 saturated carbocycles. The number of nitro groups is 1. The topological polar surface area (TPSA) is 63.4 Å². The summed E-state index contributed by atoms with van der Waals surface area (Å²) in [6.45, 7) is 5.36. The summed E-state index contributed by atoms with van der Waals surface area (Å²) in [5, 5.41) is 10.9. The molecule has 5 nitrogen and oxygen atoms in total. The van der Waals surface area contributed by atoms with Crippen molar-refractivity contribution in [3.63, 3.8) is 0 Å². The van der Waals surface area contributed by atoms with Crippen LogP contribution in [0, 0.1) is 10.1 Å². The van der Waals surface area contributed by atoms with Crippen LogP contribution in [0.1, 0.15) is 30.4 Å². The molecular formula is C16H18N2O3.